The van der Waals surface area contributed by atoms with Gasteiger partial charge >= 0.3 is 0 Å². The Morgan fingerprint density at radius 2 is 1.40 bits per heavy atom. The zero-order chi connectivity index (χ0) is 12.7. The van der Waals surface area contributed by atoms with Crippen molar-refractivity contribution in [3.05, 3.63) is 0 Å². The van der Waals surface area contributed by atoms with Crippen LogP contribution in [0.3, 0.4) is 0 Å². The average Bonchev–Trinajstić information content (AvgIpc) is 2.29. The number of carbonyl (C=O) groups excluding carboxylic acids is 1. The summed E-state index contributed by atoms with van der Waals surface area (Å²) in [6.07, 6.45) is 7.00. The van der Waals surface area contributed by atoms with E-state index in [0.717, 1.165) is 11.8 Å². The van der Waals surface area contributed by atoms with Gasteiger partial charge in [0.2, 0.25) is 0 Å². The highest BCUT2D eigenvalue weighted by molar-refractivity contribution is 5.10. The van der Waals surface area contributed by atoms with Crippen LogP contribution in [0.1, 0.15) is 73.6 Å². The summed E-state index contributed by atoms with van der Waals surface area (Å²) < 4.78 is 0. The summed E-state index contributed by atoms with van der Waals surface area (Å²) >= 11 is 0. The largest absolute Gasteiger partial charge is 0.307 e. The summed E-state index contributed by atoms with van der Waals surface area (Å²) in [4.78, 5) is 8.00. The summed E-state index contributed by atoms with van der Waals surface area (Å²) in [6, 6.07) is 0. The molecule has 0 N–H and O–H groups in total. The summed E-state index contributed by atoms with van der Waals surface area (Å²) in [5, 5.41) is 0. The maximum atomic E-state index is 8.00. The molecule has 1 heteroatoms. The Morgan fingerprint density at radius 3 is 1.67 bits per heavy atom. The van der Waals surface area contributed by atoms with E-state index in [1.807, 2.05) is 20.6 Å². The van der Waals surface area contributed by atoms with Crippen molar-refractivity contribution in [3.63, 3.8) is 0 Å². The van der Waals surface area contributed by atoms with Crippen LogP contribution in [0.15, 0.2) is 0 Å². The van der Waals surface area contributed by atoms with E-state index >= 15 is 0 Å². The van der Waals surface area contributed by atoms with Gasteiger partial charge in [-0.3, -0.25) is 0 Å². The van der Waals surface area contributed by atoms with Crippen molar-refractivity contribution in [2.24, 2.45) is 11.8 Å². The highest BCUT2D eigenvalue weighted by atomic mass is 16.1. The molecule has 0 amide bonds. The van der Waals surface area contributed by atoms with E-state index in [4.69, 9.17) is 4.79 Å². The smallest absolute Gasteiger partial charge is 0.106 e. The highest BCUT2D eigenvalue weighted by Gasteiger charge is 2.10. The summed E-state index contributed by atoms with van der Waals surface area (Å²) in [5.41, 5.74) is 0. The van der Waals surface area contributed by atoms with E-state index in [1.54, 1.807) is 0 Å². The van der Waals surface area contributed by atoms with Crippen molar-refractivity contribution in [3.8, 4) is 0 Å². The molecular formula is C14H32O. The lowest BCUT2D eigenvalue weighted by molar-refractivity contribution is -0.0979. The topological polar surface area (TPSA) is 17.1 Å². The van der Waals surface area contributed by atoms with Gasteiger partial charge in [0.1, 0.15) is 6.79 Å². The molecule has 0 radical (unpaired) electrons. The van der Waals surface area contributed by atoms with Gasteiger partial charge in [0.05, 0.1) is 0 Å². The molecule has 0 saturated heterocycles. The first-order valence-corrected chi connectivity index (χ1v) is 6.51. The molecule has 0 aliphatic heterocycles. The lowest BCUT2D eigenvalue weighted by Crippen LogP contribution is -2.07. The van der Waals surface area contributed by atoms with E-state index in [9.17, 15) is 0 Å². The molecule has 15 heavy (non-hydrogen) atoms. The molecular weight excluding hydrogens is 184 g/mol. The maximum absolute atomic E-state index is 8.00. The third-order valence-electron chi connectivity index (χ3n) is 2.53. The number of carbonyl (C=O) groups is 1. The SMILES string of the molecule is C=O.CC.CCCCC(CCC)C(C)C. The number of hydrogen-bond acceptors (Lipinski definition) is 1. The van der Waals surface area contributed by atoms with Gasteiger partial charge in [0.25, 0.3) is 0 Å². The molecule has 0 aromatic rings. The zero-order valence-electron chi connectivity index (χ0n) is 11.8. The van der Waals surface area contributed by atoms with E-state index in [1.165, 1.54) is 32.1 Å². The Morgan fingerprint density at radius 1 is 0.933 bits per heavy atom. The quantitative estimate of drug-likeness (QED) is 0.604. The minimum atomic E-state index is 0.890. The monoisotopic (exact) mass is 216 g/mol. The van der Waals surface area contributed by atoms with Crippen molar-refractivity contribution >= 4 is 6.79 Å². The molecule has 0 heterocycles. The Hall–Kier alpha value is -0.330. The van der Waals surface area contributed by atoms with Crippen molar-refractivity contribution in [1.29, 1.82) is 0 Å². The number of unbranched alkanes of at least 4 members (excludes halogenated alkanes) is 1. The first kappa shape index (κ1) is 20.1. The molecule has 1 nitrogen and oxygen atoms in total. The Kier molecular flexibility index (Phi) is 25.9. The standard InChI is InChI=1S/C11H24.C2H6.CH2O/c1-5-7-9-11(8-6-2)10(3)4;2*1-2/h10-11H,5-9H2,1-4H3;1-2H3;1H2. The van der Waals surface area contributed by atoms with Gasteiger partial charge in [-0.2, -0.15) is 0 Å². The molecule has 0 aromatic carbocycles. The second-order valence-corrected chi connectivity index (χ2v) is 3.94. The third kappa shape index (κ3) is 16.4. The van der Waals surface area contributed by atoms with Crippen LogP contribution in [0.25, 0.3) is 0 Å². The first-order chi connectivity index (χ1) is 7.22. The molecule has 0 rings (SSSR count). The molecule has 0 fully saturated rings. The molecule has 0 spiro atoms. The summed E-state index contributed by atoms with van der Waals surface area (Å²) in [5.74, 6) is 1.88. The predicted octanol–water partition coefficient (Wildman–Crippen LogP) is 5.09. The second kappa shape index (κ2) is 19.3. The fourth-order valence-corrected chi connectivity index (χ4v) is 1.65. The van der Waals surface area contributed by atoms with E-state index in [0.29, 0.717) is 0 Å². The lowest BCUT2D eigenvalue weighted by atomic mass is 9.87. The predicted molar refractivity (Wildman–Crippen MR) is 71.2 cm³/mol. The van der Waals surface area contributed by atoms with Crippen LogP contribution in [-0.4, -0.2) is 6.79 Å². The molecule has 0 aromatic heterocycles. The van der Waals surface area contributed by atoms with Crippen molar-refractivity contribution in [2.45, 2.75) is 73.6 Å². The molecule has 1 unspecified atom stereocenters. The van der Waals surface area contributed by atoms with E-state index < -0.39 is 0 Å². The molecule has 1 atom stereocenters. The highest BCUT2D eigenvalue weighted by Crippen LogP contribution is 2.22. The lowest BCUT2D eigenvalue weighted by Gasteiger charge is -2.19. The van der Waals surface area contributed by atoms with E-state index in [-0.39, 0.29) is 0 Å². The van der Waals surface area contributed by atoms with Crippen LogP contribution >= 0.6 is 0 Å². The Bertz CT molecular complexity index is 89.3. The fraction of sp³-hybridized carbons (Fsp3) is 0.929. The molecule has 0 aliphatic carbocycles. The van der Waals surface area contributed by atoms with Gasteiger partial charge in [-0.1, -0.05) is 73.6 Å². The summed E-state index contributed by atoms with van der Waals surface area (Å²) in [7, 11) is 0. The molecule has 0 saturated carbocycles. The van der Waals surface area contributed by atoms with Crippen molar-refractivity contribution in [1.82, 2.24) is 0 Å². The number of hydrogen-bond donors (Lipinski definition) is 0. The normalized spacial score (nSPS) is 10.9. The van der Waals surface area contributed by atoms with Gasteiger partial charge in [-0.25, -0.2) is 0 Å². The zero-order valence-corrected chi connectivity index (χ0v) is 11.8. The van der Waals surface area contributed by atoms with Crippen LogP contribution in [-0.2, 0) is 4.79 Å². The van der Waals surface area contributed by atoms with Crippen LogP contribution in [0.5, 0.6) is 0 Å². The van der Waals surface area contributed by atoms with Crippen molar-refractivity contribution < 1.29 is 4.79 Å². The minimum Gasteiger partial charge on any atom is -0.307 e. The third-order valence-corrected chi connectivity index (χ3v) is 2.53. The Balaban J connectivity index is -0.000000318. The molecule has 94 valence electrons. The summed E-state index contributed by atoms with van der Waals surface area (Å²) in [6.45, 7) is 15.3. The second-order valence-electron chi connectivity index (χ2n) is 3.94. The molecule has 0 aliphatic rings. The van der Waals surface area contributed by atoms with Crippen LogP contribution in [0, 0.1) is 11.8 Å². The maximum Gasteiger partial charge on any atom is 0.106 e. The minimum absolute atomic E-state index is 0.890. The van der Waals surface area contributed by atoms with Crippen LogP contribution < -0.4 is 0 Å². The van der Waals surface area contributed by atoms with Gasteiger partial charge in [0, 0.05) is 0 Å². The van der Waals surface area contributed by atoms with Gasteiger partial charge < -0.3 is 4.79 Å². The van der Waals surface area contributed by atoms with Gasteiger partial charge in [-0.05, 0) is 11.8 Å². The van der Waals surface area contributed by atoms with Gasteiger partial charge in [-0.15, -0.1) is 0 Å². The first-order valence-electron chi connectivity index (χ1n) is 6.51. The van der Waals surface area contributed by atoms with Crippen LogP contribution in [0.4, 0.5) is 0 Å². The number of rotatable bonds is 6. The van der Waals surface area contributed by atoms with Crippen molar-refractivity contribution in [2.75, 3.05) is 0 Å². The van der Waals surface area contributed by atoms with Gasteiger partial charge in [0.15, 0.2) is 0 Å². The van der Waals surface area contributed by atoms with Crippen LogP contribution in [0.2, 0.25) is 0 Å². The molecule has 0 bridgehead atoms. The van der Waals surface area contributed by atoms with E-state index in [2.05, 4.69) is 27.7 Å². The Labute approximate surface area is 97.7 Å². The fourth-order valence-electron chi connectivity index (χ4n) is 1.65. The average molecular weight is 216 g/mol.